The lowest BCUT2D eigenvalue weighted by Gasteiger charge is -2.14. The Morgan fingerprint density at radius 2 is 1.13 bits per heavy atom. The first-order valence-electron chi connectivity index (χ1n) is 9.87. The number of ether oxygens (including phenoxy) is 2. The van der Waals surface area contributed by atoms with Gasteiger partial charge >= 0.3 is 0 Å². The lowest BCUT2D eigenvalue weighted by atomic mass is 10.3. The Morgan fingerprint density at radius 1 is 0.700 bits per heavy atom. The minimum atomic E-state index is -0.639. The van der Waals surface area contributed by atoms with Crippen LogP contribution in [0.1, 0.15) is 11.5 Å². The molecule has 0 spiro atoms. The summed E-state index contributed by atoms with van der Waals surface area (Å²) in [4.78, 5) is 0. The summed E-state index contributed by atoms with van der Waals surface area (Å²) in [6.07, 6.45) is 1.95. The van der Waals surface area contributed by atoms with Crippen molar-refractivity contribution in [3.8, 4) is 11.5 Å². The fourth-order valence-electron chi connectivity index (χ4n) is 2.69. The van der Waals surface area contributed by atoms with Crippen molar-refractivity contribution in [3.05, 3.63) is 72.6 Å². The van der Waals surface area contributed by atoms with E-state index in [4.69, 9.17) is 18.3 Å². The van der Waals surface area contributed by atoms with Gasteiger partial charge in [-0.1, -0.05) is 0 Å². The minimum absolute atomic E-state index is 0.172. The third-order valence-corrected chi connectivity index (χ3v) is 4.23. The predicted molar refractivity (Wildman–Crippen MR) is 110 cm³/mol. The largest absolute Gasteiger partial charge is 0.491 e. The number of rotatable bonds is 14. The molecule has 3 rings (SSSR count). The molecule has 0 amide bonds. The van der Waals surface area contributed by atoms with Crippen molar-refractivity contribution < 1.29 is 28.5 Å². The van der Waals surface area contributed by atoms with Crippen LogP contribution in [0.25, 0.3) is 0 Å². The molecule has 4 N–H and O–H groups in total. The summed E-state index contributed by atoms with van der Waals surface area (Å²) in [6, 6.07) is 14.4. The molecule has 0 fully saturated rings. The summed E-state index contributed by atoms with van der Waals surface area (Å²) >= 11 is 0. The maximum Gasteiger partial charge on any atom is 0.119 e. The summed E-state index contributed by atoms with van der Waals surface area (Å²) in [7, 11) is 0. The zero-order valence-corrected chi connectivity index (χ0v) is 16.7. The molecule has 2 heterocycles. The van der Waals surface area contributed by atoms with Gasteiger partial charge in [0.2, 0.25) is 0 Å². The molecule has 0 saturated carbocycles. The van der Waals surface area contributed by atoms with E-state index in [2.05, 4.69) is 10.6 Å². The van der Waals surface area contributed by atoms with E-state index in [1.165, 1.54) is 0 Å². The van der Waals surface area contributed by atoms with Gasteiger partial charge in [-0.15, -0.1) is 0 Å². The molecule has 1 aromatic carbocycles. The van der Waals surface area contributed by atoms with Crippen molar-refractivity contribution in [2.24, 2.45) is 0 Å². The number of nitrogens with one attached hydrogen (secondary N) is 2. The zero-order chi connectivity index (χ0) is 21.0. The second kappa shape index (κ2) is 12.0. The molecular weight excluding hydrogens is 388 g/mol. The first-order chi connectivity index (χ1) is 14.7. The van der Waals surface area contributed by atoms with Crippen LogP contribution in [0.3, 0.4) is 0 Å². The Bertz CT molecular complexity index is 736. The van der Waals surface area contributed by atoms with Crippen LogP contribution in [-0.2, 0) is 13.1 Å². The topological polar surface area (TPSA) is 109 Å². The van der Waals surface area contributed by atoms with Gasteiger partial charge in [-0.3, -0.25) is 0 Å². The summed E-state index contributed by atoms with van der Waals surface area (Å²) in [5.74, 6) is 2.90. The van der Waals surface area contributed by atoms with Crippen LogP contribution >= 0.6 is 0 Å². The van der Waals surface area contributed by atoms with Gasteiger partial charge in [-0.2, -0.15) is 0 Å². The maximum atomic E-state index is 9.99. The second-order valence-corrected chi connectivity index (χ2v) is 6.82. The highest BCUT2D eigenvalue weighted by Crippen LogP contribution is 2.18. The first kappa shape index (κ1) is 21.9. The molecule has 0 unspecified atom stereocenters. The van der Waals surface area contributed by atoms with E-state index in [1.54, 1.807) is 36.8 Å². The first-order valence-corrected chi connectivity index (χ1v) is 9.87. The fraction of sp³-hybridized carbons (Fsp3) is 0.364. The third kappa shape index (κ3) is 7.92. The summed E-state index contributed by atoms with van der Waals surface area (Å²) in [6.45, 7) is 2.25. The lowest BCUT2D eigenvalue weighted by Crippen LogP contribution is -2.31. The van der Waals surface area contributed by atoms with Crippen molar-refractivity contribution in [1.82, 2.24) is 10.6 Å². The Balaban J connectivity index is 1.27. The number of hydrogen-bond donors (Lipinski definition) is 4. The molecular formula is C22H28N2O6. The van der Waals surface area contributed by atoms with Crippen LogP contribution < -0.4 is 20.1 Å². The van der Waals surface area contributed by atoms with Crippen LogP contribution in [0.5, 0.6) is 11.5 Å². The fourth-order valence-corrected chi connectivity index (χ4v) is 2.69. The molecule has 2 aromatic heterocycles. The van der Waals surface area contributed by atoms with Gasteiger partial charge in [0.15, 0.2) is 0 Å². The molecule has 2 atom stereocenters. The Hall–Kier alpha value is -2.78. The molecule has 30 heavy (non-hydrogen) atoms. The molecule has 162 valence electrons. The van der Waals surface area contributed by atoms with Crippen molar-refractivity contribution in [1.29, 1.82) is 0 Å². The number of hydrogen-bond acceptors (Lipinski definition) is 8. The summed E-state index contributed by atoms with van der Waals surface area (Å²) in [5.41, 5.74) is 0. The number of furan rings is 2. The van der Waals surface area contributed by atoms with Gasteiger partial charge in [-0.05, 0) is 48.5 Å². The van der Waals surface area contributed by atoms with Crippen molar-refractivity contribution >= 4 is 0 Å². The molecule has 0 aliphatic carbocycles. The van der Waals surface area contributed by atoms with Gasteiger partial charge in [0.05, 0.1) is 25.6 Å². The number of benzene rings is 1. The lowest BCUT2D eigenvalue weighted by molar-refractivity contribution is 0.104. The second-order valence-electron chi connectivity index (χ2n) is 6.82. The van der Waals surface area contributed by atoms with E-state index < -0.39 is 12.2 Å². The summed E-state index contributed by atoms with van der Waals surface area (Å²) < 4.78 is 21.6. The highest BCUT2D eigenvalue weighted by Gasteiger charge is 2.08. The molecule has 8 heteroatoms. The van der Waals surface area contributed by atoms with Gasteiger partial charge in [-0.25, -0.2) is 0 Å². The highest BCUT2D eigenvalue weighted by molar-refractivity contribution is 5.31. The smallest absolute Gasteiger partial charge is 0.119 e. The van der Waals surface area contributed by atoms with Crippen LogP contribution in [0.2, 0.25) is 0 Å². The standard InChI is InChI=1S/C22H28N2O6/c25-17(11-23-13-21-3-1-9-27-21)15-29-19-5-7-20(8-6-19)30-16-18(26)12-24-14-22-4-2-10-28-22/h1-10,17-18,23-26H,11-16H2/t17-,18+. The monoisotopic (exact) mass is 416 g/mol. The highest BCUT2D eigenvalue weighted by atomic mass is 16.5. The molecule has 0 aliphatic rings. The Labute approximate surface area is 175 Å². The predicted octanol–water partition coefficient (Wildman–Crippen LogP) is 1.93. The van der Waals surface area contributed by atoms with Crippen molar-refractivity contribution in [2.45, 2.75) is 25.3 Å². The molecule has 0 saturated heterocycles. The van der Waals surface area contributed by atoms with E-state index in [9.17, 15) is 10.2 Å². The average Bonchev–Trinajstić information content (AvgIpc) is 3.46. The Kier molecular flexibility index (Phi) is 8.80. The van der Waals surface area contributed by atoms with E-state index in [1.807, 2.05) is 24.3 Å². The van der Waals surface area contributed by atoms with E-state index >= 15 is 0 Å². The normalized spacial score (nSPS) is 13.1. The zero-order valence-electron chi connectivity index (χ0n) is 16.7. The van der Waals surface area contributed by atoms with Gasteiger partial charge in [0.25, 0.3) is 0 Å². The maximum absolute atomic E-state index is 9.99. The molecule has 3 aromatic rings. The number of aliphatic hydroxyl groups is 2. The number of aliphatic hydroxyl groups excluding tert-OH is 2. The van der Waals surface area contributed by atoms with Crippen LogP contribution in [0.4, 0.5) is 0 Å². The van der Waals surface area contributed by atoms with E-state index in [-0.39, 0.29) is 13.2 Å². The van der Waals surface area contributed by atoms with E-state index in [0.29, 0.717) is 37.7 Å². The molecule has 0 aliphatic heterocycles. The minimum Gasteiger partial charge on any atom is -0.491 e. The van der Waals surface area contributed by atoms with Crippen LogP contribution in [0, 0.1) is 0 Å². The summed E-state index contributed by atoms with van der Waals surface area (Å²) in [5, 5.41) is 26.2. The molecule has 0 radical (unpaired) electrons. The van der Waals surface area contributed by atoms with Crippen LogP contribution in [-0.4, -0.2) is 48.7 Å². The van der Waals surface area contributed by atoms with Gasteiger partial charge in [0.1, 0.15) is 48.4 Å². The SMILES string of the molecule is O[C@H](CNCc1ccco1)COc1ccc(OC[C@@H](O)CNCc2ccco2)cc1. The quantitative estimate of drug-likeness (QED) is 0.316. The Morgan fingerprint density at radius 3 is 1.50 bits per heavy atom. The van der Waals surface area contributed by atoms with Gasteiger partial charge in [0, 0.05) is 13.1 Å². The van der Waals surface area contributed by atoms with Crippen molar-refractivity contribution in [2.75, 3.05) is 26.3 Å². The van der Waals surface area contributed by atoms with Crippen molar-refractivity contribution in [3.63, 3.8) is 0 Å². The van der Waals surface area contributed by atoms with E-state index in [0.717, 1.165) is 11.5 Å². The molecule has 0 bridgehead atoms. The average molecular weight is 416 g/mol. The molecule has 8 nitrogen and oxygen atoms in total. The van der Waals surface area contributed by atoms with Gasteiger partial charge < -0.3 is 39.2 Å². The third-order valence-electron chi connectivity index (χ3n) is 4.23. The van der Waals surface area contributed by atoms with Crippen LogP contribution in [0.15, 0.2) is 69.9 Å².